The zero-order valence-corrected chi connectivity index (χ0v) is 36.6. The van der Waals surface area contributed by atoms with Crippen LogP contribution in [0.25, 0.3) is 10.2 Å². The van der Waals surface area contributed by atoms with Crippen LogP contribution in [0.2, 0.25) is 0 Å². The predicted octanol–water partition coefficient (Wildman–Crippen LogP) is 7.38. The van der Waals surface area contributed by atoms with E-state index in [2.05, 4.69) is 25.6 Å². The van der Waals surface area contributed by atoms with Crippen LogP contribution >= 0.6 is 23.1 Å². The fourth-order valence-corrected chi connectivity index (χ4v) is 10.9. The monoisotopic (exact) mass is 923 g/mol. The Morgan fingerprint density at radius 2 is 1.73 bits per heavy atom. The van der Waals surface area contributed by atoms with Gasteiger partial charge in [0.1, 0.15) is 27.7 Å². The van der Waals surface area contributed by atoms with Gasteiger partial charge in [0.15, 0.2) is 20.8 Å². The van der Waals surface area contributed by atoms with Crippen LogP contribution in [0.3, 0.4) is 0 Å². The van der Waals surface area contributed by atoms with Gasteiger partial charge in [-0.25, -0.2) is 26.8 Å². The summed E-state index contributed by atoms with van der Waals surface area (Å²) in [5.41, 5.74) is -3.64. The first-order valence-corrected chi connectivity index (χ1v) is 24.1. The molecular weight excluding hydrogens is 884 g/mol. The van der Waals surface area contributed by atoms with Crippen molar-refractivity contribution >= 4 is 81.3 Å². The number of hydrogen-bond donors (Lipinski definition) is 2. The number of carbonyl (C=O) groups is 2. The summed E-state index contributed by atoms with van der Waals surface area (Å²) in [6, 6.07) is 22.9. The van der Waals surface area contributed by atoms with Crippen molar-refractivity contribution in [2.45, 2.75) is 45.6 Å². The van der Waals surface area contributed by atoms with E-state index in [1.165, 1.54) is 35.2 Å². The summed E-state index contributed by atoms with van der Waals surface area (Å²) in [7, 11) is -7.12. The van der Waals surface area contributed by atoms with Crippen molar-refractivity contribution in [2.24, 2.45) is 0 Å². The molecule has 2 N–H and O–H groups in total. The van der Waals surface area contributed by atoms with Gasteiger partial charge in [0.25, 0.3) is 15.7 Å². The van der Waals surface area contributed by atoms with Gasteiger partial charge < -0.3 is 15.1 Å². The molecular formula is C42H40F3N7O6S4. The molecule has 0 bridgehead atoms. The number of rotatable bonds is 16. The van der Waals surface area contributed by atoms with E-state index in [1.54, 1.807) is 36.7 Å². The maximum Gasteiger partial charge on any atom is 0.501 e. The van der Waals surface area contributed by atoms with Crippen molar-refractivity contribution in [3.05, 3.63) is 126 Å². The van der Waals surface area contributed by atoms with E-state index in [1.807, 2.05) is 60.3 Å². The number of fused-ring (bicyclic) bond motifs is 2. The molecule has 6 aromatic rings. The zero-order chi connectivity index (χ0) is 44.2. The summed E-state index contributed by atoms with van der Waals surface area (Å²) >= 11 is 2.74. The van der Waals surface area contributed by atoms with E-state index >= 15 is 0 Å². The van der Waals surface area contributed by atoms with Crippen LogP contribution < -0.4 is 15.5 Å². The number of nitrogens with zero attached hydrogens (tertiary/aromatic N) is 5. The average molecular weight is 924 g/mol. The van der Waals surface area contributed by atoms with E-state index in [9.17, 15) is 39.6 Å². The van der Waals surface area contributed by atoms with E-state index in [0.29, 0.717) is 59.8 Å². The van der Waals surface area contributed by atoms with Crippen LogP contribution in [0.4, 0.5) is 29.8 Å². The first kappa shape index (κ1) is 44.6. The molecule has 1 amide bonds. The van der Waals surface area contributed by atoms with E-state index in [4.69, 9.17) is 0 Å². The Morgan fingerprint density at radius 1 is 0.952 bits per heavy atom. The Labute approximate surface area is 364 Å². The predicted molar refractivity (Wildman–Crippen MR) is 235 cm³/mol. The minimum absolute atomic E-state index is 0.228. The number of amides is 1. The van der Waals surface area contributed by atoms with Crippen LogP contribution in [0.1, 0.15) is 38.4 Å². The molecule has 62 heavy (non-hydrogen) atoms. The Hall–Kier alpha value is -5.41. The Balaban J connectivity index is 1.10. The number of alkyl halides is 3. The van der Waals surface area contributed by atoms with Crippen molar-refractivity contribution < 1.29 is 39.6 Å². The number of thioether (sulfide) groups is 1. The van der Waals surface area contributed by atoms with Gasteiger partial charge in [0.2, 0.25) is 0 Å². The van der Waals surface area contributed by atoms with Crippen molar-refractivity contribution in [3.8, 4) is 0 Å². The number of thiazole rings is 1. The second-order valence-corrected chi connectivity index (χ2v) is 20.7. The van der Waals surface area contributed by atoms with Crippen LogP contribution in [-0.2, 0) is 32.6 Å². The minimum atomic E-state index is -6.06. The van der Waals surface area contributed by atoms with Crippen LogP contribution in [0, 0.1) is 0 Å². The lowest BCUT2D eigenvalue weighted by Crippen LogP contribution is -2.33. The third kappa shape index (κ3) is 10.3. The molecule has 3 aromatic carbocycles. The number of Topliss-reactive ketones (excluding diaryl/α,β-unsaturated/α-hetero) is 1. The molecule has 0 unspecified atom stereocenters. The number of carbonyl (C=O) groups excluding carboxylic acids is 2. The minimum Gasteiger partial charge on any atom is -0.380 e. The Morgan fingerprint density at radius 3 is 2.47 bits per heavy atom. The number of anilines is 3. The molecule has 0 radical (unpaired) electrons. The molecule has 1 aliphatic rings. The second-order valence-electron chi connectivity index (χ2n) is 14.7. The van der Waals surface area contributed by atoms with Gasteiger partial charge in [0, 0.05) is 41.5 Å². The highest BCUT2D eigenvalue weighted by atomic mass is 32.2. The van der Waals surface area contributed by atoms with Gasteiger partial charge in [-0.1, -0.05) is 47.7 Å². The summed E-state index contributed by atoms with van der Waals surface area (Å²) < 4.78 is 96.6. The average Bonchev–Trinajstić information content (AvgIpc) is 3.66. The normalized spacial score (nSPS) is 13.8. The standard InChI is InChI=1S/C42H40F3N7O6S4/c1-51(2)20-18-28(25-59-29-9-4-3-5-10-29)47-34-15-14-30(22-38(34)62(57,58)42(43,44)45)61(55,56)26-36(53)33-12-7-13-39(48-33)52-21-17-27-8-6-11-31(32(27)24-52)40(54)50-41-49-35-23-46-19-16-37(35)60-41/h3-16,19,22-23,28,47H,17-18,20-21,24-26H2,1-2H3,(H,49,50,54)/t28-/m1/s1. The lowest BCUT2D eigenvalue weighted by molar-refractivity contribution is -0.0435. The number of aromatic nitrogens is 3. The summed E-state index contributed by atoms with van der Waals surface area (Å²) in [5.74, 6) is -1.83. The molecule has 13 nitrogen and oxygen atoms in total. The fraction of sp³-hybridized carbons (Fsp3) is 0.262. The third-order valence-corrected chi connectivity index (χ3v) is 15.2. The second kappa shape index (κ2) is 18.5. The van der Waals surface area contributed by atoms with Gasteiger partial charge in [0.05, 0.1) is 21.5 Å². The maximum atomic E-state index is 14.1. The van der Waals surface area contributed by atoms with E-state index in [-0.39, 0.29) is 18.1 Å². The van der Waals surface area contributed by atoms with Crippen molar-refractivity contribution in [2.75, 3.05) is 54.2 Å². The number of pyridine rings is 2. The summed E-state index contributed by atoms with van der Waals surface area (Å²) in [6.07, 6.45) is 4.21. The zero-order valence-electron chi connectivity index (χ0n) is 33.3. The molecule has 0 fully saturated rings. The van der Waals surface area contributed by atoms with Crippen molar-refractivity contribution in [1.82, 2.24) is 19.9 Å². The lowest BCUT2D eigenvalue weighted by Gasteiger charge is -2.31. The van der Waals surface area contributed by atoms with Crippen molar-refractivity contribution in [3.63, 3.8) is 0 Å². The largest absolute Gasteiger partial charge is 0.501 e. The number of halogens is 3. The maximum absolute atomic E-state index is 14.1. The molecule has 1 aliphatic heterocycles. The number of sulfone groups is 2. The molecule has 0 spiro atoms. The van der Waals surface area contributed by atoms with Gasteiger partial charge in [-0.05, 0) is 99.2 Å². The molecule has 0 aliphatic carbocycles. The Kier molecular flexibility index (Phi) is 13.3. The summed E-state index contributed by atoms with van der Waals surface area (Å²) in [4.78, 5) is 42.6. The first-order chi connectivity index (χ1) is 29.5. The van der Waals surface area contributed by atoms with Crippen LogP contribution in [0.15, 0.2) is 118 Å². The molecule has 3 aromatic heterocycles. The van der Waals surface area contributed by atoms with Gasteiger partial charge in [-0.15, -0.1) is 11.8 Å². The van der Waals surface area contributed by atoms with E-state index < -0.39 is 58.2 Å². The Bertz CT molecular complexity index is 2810. The van der Waals surface area contributed by atoms with Crippen molar-refractivity contribution in [1.29, 1.82) is 0 Å². The fourth-order valence-electron chi connectivity index (χ4n) is 6.78. The SMILES string of the molecule is CN(C)CC[C@H](CSc1ccccc1)Nc1ccc(S(=O)(=O)CC(=O)c2cccc(N3CCc4cccc(C(=O)Nc5nc6cnccc6s5)c4C3)n2)cc1S(=O)(=O)C(F)(F)F. The number of ketones is 1. The number of hydrogen-bond acceptors (Lipinski definition) is 14. The number of benzene rings is 3. The van der Waals surface area contributed by atoms with Gasteiger partial charge in [-0.3, -0.25) is 19.9 Å². The van der Waals surface area contributed by atoms with E-state index in [0.717, 1.165) is 32.9 Å². The quantitative estimate of drug-likeness (QED) is 0.0729. The highest BCUT2D eigenvalue weighted by Crippen LogP contribution is 2.37. The molecule has 0 saturated carbocycles. The van der Waals surface area contributed by atoms with Crippen LogP contribution in [-0.4, -0.2) is 98.6 Å². The van der Waals surface area contributed by atoms with Gasteiger partial charge >= 0.3 is 5.51 Å². The molecule has 324 valence electrons. The molecule has 20 heteroatoms. The molecule has 7 rings (SSSR count). The smallest absolute Gasteiger partial charge is 0.380 e. The molecule has 1 atom stereocenters. The van der Waals surface area contributed by atoms with Crippen LogP contribution in [0.5, 0.6) is 0 Å². The third-order valence-electron chi connectivity index (χ3n) is 9.98. The summed E-state index contributed by atoms with van der Waals surface area (Å²) in [6.45, 7) is 1.22. The first-order valence-electron chi connectivity index (χ1n) is 19.1. The molecule has 4 heterocycles. The van der Waals surface area contributed by atoms with Gasteiger partial charge in [-0.2, -0.15) is 13.2 Å². The topological polar surface area (TPSA) is 172 Å². The highest BCUT2D eigenvalue weighted by molar-refractivity contribution is 7.99. The number of nitrogens with one attached hydrogen (secondary N) is 2. The molecule has 0 saturated heterocycles. The lowest BCUT2D eigenvalue weighted by atomic mass is 9.94. The summed E-state index contributed by atoms with van der Waals surface area (Å²) in [5, 5.41) is 6.22. The highest BCUT2D eigenvalue weighted by Gasteiger charge is 2.48.